The highest BCUT2D eigenvalue weighted by Gasteiger charge is 2.31. The highest BCUT2D eigenvalue weighted by atomic mass is 16.5. The summed E-state index contributed by atoms with van der Waals surface area (Å²) >= 11 is 0. The predicted octanol–water partition coefficient (Wildman–Crippen LogP) is 18.1. The molecule has 0 bridgehead atoms. The Balaban J connectivity index is 1.06. The van der Waals surface area contributed by atoms with Gasteiger partial charge in [-0.05, 0) is 140 Å². The van der Waals surface area contributed by atoms with E-state index in [-0.39, 0.29) is 16.2 Å². The Morgan fingerprint density at radius 1 is 0.471 bits per heavy atom. The van der Waals surface area contributed by atoms with Crippen LogP contribution in [0.1, 0.15) is 128 Å². The SMILES string of the molecule is CC(C)c1cccc(C(C)C)c1-c1ccc2c(c1)N(c1cccc(C(C)(C)C)c1)CN2c1cccc(Oc2ccc3c4cc(C(C)(C)c5ccccc5)ccc4n(-c4cc(C(C)(C)C)ccn4)c3c2)c1. The highest BCUT2D eigenvalue weighted by molar-refractivity contribution is 6.10. The number of pyridine rings is 1. The van der Waals surface area contributed by atoms with Crippen molar-refractivity contribution < 1.29 is 4.74 Å². The normalized spacial score (nSPS) is 13.3. The first-order valence-electron chi connectivity index (χ1n) is 25.2. The van der Waals surface area contributed by atoms with Crippen LogP contribution in [-0.4, -0.2) is 16.2 Å². The Morgan fingerprint density at radius 3 is 1.80 bits per heavy atom. The van der Waals surface area contributed by atoms with Gasteiger partial charge in [0.25, 0.3) is 0 Å². The van der Waals surface area contributed by atoms with E-state index >= 15 is 0 Å². The number of anilines is 4. The van der Waals surface area contributed by atoms with Crippen LogP contribution < -0.4 is 14.5 Å². The largest absolute Gasteiger partial charge is 0.457 e. The van der Waals surface area contributed by atoms with E-state index in [0.29, 0.717) is 18.5 Å². The summed E-state index contributed by atoms with van der Waals surface area (Å²) in [7, 11) is 0. The first kappa shape index (κ1) is 46.6. The second kappa shape index (κ2) is 17.7. The van der Waals surface area contributed by atoms with E-state index < -0.39 is 0 Å². The highest BCUT2D eigenvalue weighted by Crippen LogP contribution is 2.49. The van der Waals surface area contributed by atoms with Gasteiger partial charge in [-0.15, -0.1) is 0 Å². The number of nitrogens with zero attached hydrogens (tertiary/aromatic N) is 4. The molecule has 10 rings (SSSR count). The summed E-state index contributed by atoms with van der Waals surface area (Å²) in [5, 5.41) is 2.35. The molecule has 9 aromatic rings. The molecule has 7 aromatic carbocycles. The molecular weight excluding hydrogens is 853 g/mol. The van der Waals surface area contributed by atoms with Crippen LogP contribution in [0, 0.1) is 0 Å². The monoisotopic (exact) mass is 921 g/mol. The van der Waals surface area contributed by atoms with Crippen LogP contribution in [0.5, 0.6) is 11.5 Å². The molecule has 5 heteroatoms. The van der Waals surface area contributed by atoms with Crippen LogP contribution in [0.3, 0.4) is 0 Å². The standard InChI is InChI=1S/C65H68N4O/c1-42(2)53-25-18-26-54(43(3)4)62(53)44-27-31-58-60(35-44)68(49-22-16-21-46(36-49)63(5,6)7)41-67(58)50-23-17-24-51(39-50)70-52-29-30-55-56-37-48(65(11,12)45-19-14-13-15-20-45)28-32-57(56)69(59(55)40-52)61-38-47(33-34-66-61)64(8,9)10/h13-40,42-43H,41H2,1-12H3. The number of aromatic nitrogens is 2. The van der Waals surface area contributed by atoms with E-state index in [1.165, 1.54) is 67.0 Å². The third-order valence-electron chi connectivity index (χ3n) is 14.7. The fourth-order valence-electron chi connectivity index (χ4n) is 10.5. The average Bonchev–Trinajstić information content (AvgIpc) is 3.89. The van der Waals surface area contributed by atoms with Crippen molar-refractivity contribution in [3.8, 4) is 28.4 Å². The van der Waals surface area contributed by atoms with Gasteiger partial charge in [0, 0.05) is 45.9 Å². The average molecular weight is 921 g/mol. The second-order valence-electron chi connectivity index (χ2n) is 22.6. The molecule has 3 heterocycles. The lowest BCUT2D eigenvalue weighted by Crippen LogP contribution is -2.24. The summed E-state index contributed by atoms with van der Waals surface area (Å²) in [6, 6.07) is 60.2. The molecule has 0 saturated carbocycles. The molecule has 0 N–H and O–H groups in total. The third-order valence-corrected chi connectivity index (χ3v) is 14.7. The molecule has 0 fully saturated rings. The Bertz CT molecular complexity index is 3370. The van der Waals surface area contributed by atoms with Gasteiger partial charge in [0.2, 0.25) is 0 Å². The molecule has 0 saturated heterocycles. The van der Waals surface area contributed by atoms with Crippen molar-refractivity contribution in [1.29, 1.82) is 0 Å². The number of hydrogen-bond acceptors (Lipinski definition) is 4. The second-order valence-corrected chi connectivity index (χ2v) is 22.6. The van der Waals surface area contributed by atoms with Gasteiger partial charge >= 0.3 is 0 Å². The maximum Gasteiger partial charge on any atom is 0.137 e. The fourth-order valence-corrected chi connectivity index (χ4v) is 10.5. The van der Waals surface area contributed by atoms with Gasteiger partial charge in [0.15, 0.2) is 0 Å². The molecule has 0 unspecified atom stereocenters. The summed E-state index contributed by atoms with van der Waals surface area (Å²) < 4.78 is 9.22. The molecule has 0 atom stereocenters. The molecule has 354 valence electrons. The van der Waals surface area contributed by atoms with E-state index in [1.54, 1.807) is 0 Å². The quantitative estimate of drug-likeness (QED) is 0.137. The predicted molar refractivity (Wildman–Crippen MR) is 297 cm³/mol. The number of ether oxygens (including phenoxy) is 1. The van der Waals surface area contributed by atoms with Gasteiger partial charge in [0.05, 0.1) is 22.4 Å². The van der Waals surface area contributed by atoms with E-state index in [1.807, 2.05) is 6.20 Å². The van der Waals surface area contributed by atoms with Crippen molar-refractivity contribution in [1.82, 2.24) is 9.55 Å². The molecule has 1 aliphatic heterocycles. The molecule has 0 spiro atoms. The first-order chi connectivity index (χ1) is 33.4. The van der Waals surface area contributed by atoms with E-state index in [9.17, 15) is 0 Å². The lowest BCUT2D eigenvalue weighted by atomic mass is 9.78. The van der Waals surface area contributed by atoms with E-state index in [0.717, 1.165) is 39.4 Å². The zero-order valence-electron chi connectivity index (χ0n) is 43.2. The minimum Gasteiger partial charge on any atom is -0.457 e. The Labute approximate surface area is 416 Å². The van der Waals surface area contributed by atoms with Gasteiger partial charge in [-0.3, -0.25) is 4.57 Å². The Kier molecular flexibility index (Phi) is 11.8. The molecule has 0 aliphatic carbocycles. The molecule has 2 aromatic heterocycles. The van der Waals surface area contributed by atoms with Gasteiger partial charge in [-0.2, -0.15) is 0 Å². The molecule has 0 amide bonds. The maximum atomic E-state index is 6.91. The van der Waals surface area contributed by atoms with Crippen LogP contribution in [0.4, 0.5) is 22.7 Å². The fraction of sp³-hybridized carbons (Fsp3) is 0.277. The number of benzene rings is 7. The van der Waals surface area contributed by atoms with Crippen LogP contribution in [0.25, 0.3) is 38.8 Å². The van der Waals surface area contributed by atoms with E-state index in [4.69, 9.17) is 9.72 Å². The zero-order chi connectivity index (χ0) is 49.3. The van der Waals surface area contributed by atoms with Crippen molar-refractivity contribution in [2.45, 2.75) is 111 Å². The number of fused-ring (bicyclic) bond motifs is 4. The minimum absolute atomic E-state index is 0.0146. The summed E-state index contributed by atoms with van der Waals surface area (Å²) in [5.41, 5.74) is 17.1. The van der Waals surface area contributed by atoms with Crippen LogP contribution in [0.15, 0.2) is 170 Å². The Morgan fingerprint density at radius 2 is 1.10 bits per heavy atom. The van der Waals surface area contributed by atoms with Crippen molar-refractivity contribution in [3.05, 3.63) is 203 Å². The van der Waals surface area contributed by atoms with Crippen LogP contribution in [0.2, 0.25) is 0 Å². The van der Waals surface area contributed by atoms with E-state index in [2.05, 4.69) is 261 Å². The van der Waals surface area contributed by atoms with Gasteiger partial charge in [-0.25, -0.2) is 4.98 Å². The summed E-state index contributed by atoms with van der Waals surface area (Å²) in [6.45, 7) is 28.2. The van der Waals surface area contributed by atoms with Crippen LogP contribution in [-0.2, 0) is 16.2 Å². The molecule has 70 heavy (non-hydrogen) atoms. The number of rotatable bonds is 10. The Hall–Kier alpha value is -7.11. The molecular formula is C65H68N4O. The van der Waals surface area contributed by atoms with Crippen molar-refractivity contribution >= 4 is 44.6 Å². The summed E-state index contributed by atoms with van der Waals surface area (Å²) in [6.07, 6.45) is 1.94. The smallest absolute Gasteiger partial charge is 0.137 e. The van der Waals surface area contributed by atoms with Gasteiger partial charge in [0.1, 0.15) is 24.0 Å². The summed E-state index contributed by atoms with van der Waals surface area (Å²) in [4.78, 5) is 9.92. The third kappa shape index (κ3) is 8.54. The first-order valence-corrected chi connectivity index (χ1v) is 25.2. The molecule has 5 nitrogen and oxygen atoms in total. The summed E-state index contributed by atoms with van der Waals surface area (Å²) in [5.74, 6) is 3.22. The van der Waals surface area contributed by atoms with Crippen molar-refractivity contribution in [3.63, 3.8) is 0 Å². The lowest BCUT2D eigenvalue weighted by molar-refractivity contribution is 0.483. The van der Waals surface area contributed by atoms with Gasteiger partial charge < -0.3 is 14.5 Å². The number of hydrogen-bond donors (Lipinski definition) is 0. The minimum atomic E-state index is -0.190. The van der Waals surface area contributed by atoms with Crippen LogP contribution >= 0.6 is 0 Å². The zero-order valence-corrected chi connectivity index (χ0v) is 43.2. The molecule has 0 radical (unpaired) electrons. The molecule has 1 aliphatic rings. The topological polar surface area (TPSA) is 33.5 Å². The maximum absolute atomic E-state index is 6.91. The van der Waals surface area contributed by atoms with Crippen molar-refractivity contribution in [2.24, 2.45) is 0 Å². The van der Waals surface area contributed by atoms with Crippen molar-refractivity contribution in [2.75, 3.05) is 16.5 Å². The lowest BCUT2D eigenvalue weighted by Gasteiger charge is -2.26. The van der Waals surface area contributed by atoms with Gasteiger partial charge in [-0.1, -0.05) is 162 Å².